The smallest absolute Gasteiger partial charge is 0.0572 e. The molecule has 2 bridgehead atoms. The molecular weight excluding hydrogens is 234 g/mol. The van der Waals surface area contributed by atoms with Crippen molar-refractivity contribution < 1.29 is 0 Å². The van der Waals surface area contributed by atoms with Gasteiger partial charge in [0.2, 0.25) is 0 Å². The largest absolute Gasteiger partial charge is 0.295 e. The lowest BCUT2D eigenvalue weighted by atomic mass is 9.88. The summed E-state index contributed by atoms with van der Waals surface area (Å²) in [6, 6.07) is 8.84. The summed E-state index contributed by atoms with van der Waals surface area (Å²) >= 11 is 0. The predicted octanol–water partition coefficient (Wildman–Crippen LogP) is 2.70. The zero-order valence-corrected chi connectivity index (χ0v) is 12.3. The van der Waals surface area contributed by atoms with Crippen LogP contribution in [0.5, 0.6) is 0 Å². The van der Waals surface area contributed by atoms with Crippen LogP contribution in [0.25, 0.3) is 0 Å². The molecule has 2 unspecified atom stereocenters. The third-order valence-electron chi connectivity index (χ3n) is 4.89. The third kappa shape index (κ3) is 2.41. The van der Waals surface area contributed by atoms with E-state index < -0.39 is 0 Å². The molecule has 0 N–H and O–H groups in total. The second kappa shape index (κ2) is 5.22. The van der Waals surface area contributed by atoms with Gasteiger partial charge in [0.1, 0.15) is 0 Å². The van der Waals surface area contributed by atoms with Gasteiger partial charge >= 0.3 is 0 Å². The molecule has 3 nitrogen and oxygen atoms in total. The number of aromatic nitrogens is 1. The van der Waals surface area contributed by atoms with E-state index in [9.17, 15) is 0 Å². The number of pyridine rings is 1. The Kier molecular flexibility index (Phi) is 3.59. The summed E-state index contributed by atoms with van der Waals surface area (Å²) in [7, 11) is 0. The number of piperazine rings is 1. The maximum Gasteiger partial charge on any atom is 0.0572 e. The van der Waals surface area contributed by atoms with Gasteiger partial charge < -0.3 is 0 Å². The van der Waals surface area contributed by atoms with Crippen molar-refractivity contribution in [3.63, 3.8) is 0 Å². The van der Waals surface area contributed by atoms with E-state index in [-0.39, 0.29) is 0 Å². The molecule has 104 valence electrons. The van der Waals surface area contributed by atoms with Gasteiger partial charge in [-0.1, -0.05) is 6.07 Å². The topological polar surface area (TPSA) is 19.4 Å². The molecule has 3 aliphatic rings. The second-order valence-electron chi connectivity index (χ2n) is 6.30. The predicted molar refractivity (Wildman–Crippen MR) is 78.0 cm³/mol. The standard InChI is InChI=1S/C16H25N3/c1-12(2)18-10-15-8-7-14(18)11-19(15)13(3)16-6-4-5-9-17-16/h4-6,9,12-15H,7-8,10-11H2,1-3H3/t13-,14?,15?/m0/s1. The average molecular weight is 259 g/mol. The van der Waals surface area contributed by atoms with Gasteiger partial charge in [0.05, 0.1) is 5.69 Å². The fourth-order valence-corrected chi connectivity index (χ4v) is 3.79. The van der Waals surface area contributed by atoms with E-state index in [1.165, 1.54) is 31.6 Å². The first-order chi connectivity index (χ1) is 9.16. The number of hydrogen-bond acceptors (Lipinski definition) is 3. The molecule has 4 rings (SSSR count). The lowest BCUT2D eigenvalue weighted by Gasteiger charge is -2.54. The van der Waals surface area contributed by atoms with Crippen LogP contribution >= 0.6 is 0 Å². The minimum atomic E-state index is 0.448. The van der Waals surface area contributed by atoms with Crippen molar-refractivity contribution in [1.29, 1.82) is 0 Å². The van der Waals surface area contributed by atoms with Gasteiger partial charge in [0.25, 0.3) is 0 Å². The maximum atomic E-state index is 4.54. The minimum absolute atomic E-state index is 0.448. The Morgan fingerprint density at radius 3 is 2.26 bits per heavy atom. The van der Waals surface area contributed by atoms with Gasteiger partial charge in [-0.25, -0.2) is 0 Å². The summed E-state index contributed by atoms with van der Waals surface area (Å²) in [5.74, 6) is 0. The van der Waals surface area contributed by atoms with E-state index in [0.29, 0.717) is 18.1 Å². The normalized spacial score (nSPS) is 29.9. The van der Waals surface area contributed by atoms with Crippen LogP contribution in [0, 0.1) is 0 Å². The van der Waals surface area contributed by atoms with Crippen LogP contribution in [-0.2, 0) is 0 Å². The SMILES string of the molecule is CC(C)N1CC2CCC1CN2[C@@H](C)c1ccccn1. The molecule has 0 spiro atoms. The monoisotopic (exact) mass is 259 g/mol. The van der Waals surface area contributed by atoms with Crippen LogP contribution in [0.1, 0.15) is 45.3 Å². The summed E-state index contributed by atoms with van der Waals surface area (Å²) in [6.45, 7) is 9.41. The summed E-state index contributed by atoms with van der Waals surface area (Å²) < 4.78 is 0. The first kappa shape index (κ1) is 13.1. The molecule has 1 aromatic rings. The van der Waals surface area contributed by atoms with Crippen LogP contribution in [-0.4, -0.2) is 46.0 Å². The first-order valence-electron chi connectivity index (χ1n) is 7.59. The number of fused-ring (bicyclic) bond motifs is 3. The Balaban J connectivity index is 1.75. The van der Waals surface area contributed by atoms with E-state index in [0.717, 1.165) is 6.04 Å². The molecule has 3 aliphatic heterocycles. The van der Waals surface area contributed by atoms with Crippen molar-refractivity contribution in [3.05, 3.63) is 30.1 Å². The van der Waals surface area contributed by atoms with Gasteiger partial charge in [-0.05, 0) is 45.7 Å². The molecule has 0 radical (unpaired) electrons. The fraction of sp³-hybridized carbons (Fsp3) is 0.688. The van der Waals surface area contributed by atoms with E-state index in [1.807, 2.05) is 12.3 Å². The molecule has 0 aliphatic carbocycles. The molecule has 19 heavy (non-hydrogen) atoms. The molecule has 0 aromatic carbocycles. The molecule has 4 heterocycles. The maximum absolute atomic E-state index is 4.54. The van der Waals surface area contributed by atoms with Gasteiger partial charge in [-0.15, -0.1) is 0 Å². The minimum Gasteiger partial charge on any atom is -0.295 e. The van der Waals surface area contributed by atoms with Gasteiger partial charge in [0.15, 0.2) is 0 Å². The van der Waals surface area contributed by atoms with Crippen molar-refractivity contribution in [3.8, 4) is 0 Å². The van der Waals surface area contributed by atoms with Crippen molar-refractivity contribution in [2.45, 2.75) is 57.8 Å². The Labute approximate surface area is 116 Å². The zero-order valence-electron chi connectivity index (χ0n) is 12.3. The van der Waals surface area contributed by atoms with Gasteiger partial charge in [0, 0.05) is 43.5 Å². The Morgan fingerprint density at radius 1 is 1.05 bits per heavy atom. The number of piperidine rings is 2. The summed E-state index contributed by atoms with van der Waals surface area (Å²) in [5, 5.41) is 0. The van der Waals surface area contributed by atoms with Crippen LogP contribution in [0.4, 0.5) is 0 Å². The number of rotatable bonds is 3. The summed E-state index contributed by atoms with van der Waals surface area (Å²) in [4.78, 5) is 9.90. The Hall–Kier alpha value is -0.930. The van der Waals surface area contributed by atoms with Crippen molar-refractivity contribution in [2.24, 2.45) is 0 Å². The summed E-state index contributed by atoms with van der Waals surface area (Å²) in [5.41, 5.74) is 1.21. The van der Waals surface area contributed by atoms with E-state index in [4.69, 9.17) is 0 Å². The van der Waals surface area contributed by atoms with E-state index >= 15 is 0 Å². The molecule has 1 aromatic heterocycles. The lowest BCUT2D eigenvalue weighted by Crippen LogP contribution is -2.64. The quantitative estimate of drug-likeness (QED) is 0.832. The lowest BCUT2D eigenvalue weighted by molar-refractivity contribution is -0.0541. The molecule has 3 heteroatoms. The Morgan fingerprint density at radius 2 is 1.74 bits per heavy atom. The highest BCUT2D eigenvalue weighted by atomic mass is 15.3. The molecule has 0 amide bonds. The van der Waals surface area contributed by atoms with Crippen LogP contribution in [0.3, 0.4) is 0 Å². The molecule has 0 saturated carbocycles. The van der Waals surface area contributed by atoms with E-state index in [1.54, 1.807) is 0 Å². The highest BCUT2D eigenvalue weighted by Crippen LogP contribution is 2.35. The van der Waals surface area contributed by atoms with E-state index in [2.05, 4.69) is 47.7 Å². The highest BCUT2D eigenvalue weighted by Gasteiger charge is 2.41. The third-order valence-corrected chi connectivity index (χ3v) is 4.89. The van der Waals surface area contributed by atoms with Crippen LogP contribution in [0.15, 0.2) is 24.4 Å². The van der Waals surface area contributed by atoms with Gasteiger partial charge in [-0.3, -0.25) is 14.8 Å². The molecular formula is C16H25N3. The van der Waals surface area contributed by atoms with Crippen molar-refractivity contribution in [1.82, 2.24) is 14.8 Å². The molecule has 3 fully saturated rings. The Bertz CT molecular complexity index is 417. The van der Waals surface area contributed by atoms with Gasteiger partial charge in [-0.2, -0.15) is 0 Å². The number of nitrogens with zero attached hydrogens (tertiary/aromatic N) is 3. The van der Waals surface area contributed by atoms with Crippen molar-refractivity contribution >= 4 is 0 Å². The van der Waals surface area contributed by atoms with Crippen molar-refractivity contribution in [2.75, 3.05) is 13.1 Å². The summed E-state index contributed by atoms with van der Waals surface area (Å²) in [6.07, 6.45) is 4.63. The van der Waals surface area contributed by atoms with Crippen LogP contribution in [0.2, 0.25) is 0 Å². The fourth-order valence-electron chi connectivity index (χ4n) is 3.79. The zero-order chi connectivity index (χ0) is 13.4. The van der Waals surface area contributed by atoms with Crippen LogP contribution < -0.4 is 0 Å². The highest BCUT2D eigenvalue weighted by molar-refractivity contribution is 5.10. The first-order valence-corrected chi connectivity index (χ1v) is 7.59. The average Bonchev–Trinajstić information content (AvgIpc) is 2.47. The molecule has 3 saturated heterocycles. The number of hydrogen-bond donors (Lipinski definition) is 0. The molecule has 3 atom stereocenters. The second-order valence-corrected chi connectivity index (χ2v) is 6.30.